The zero-order chi connectivity index (χ0) is 25.1. The van der Waals surface area contributed by atoms with E-state index in [1.807, 2.05) is 32.0 Å². The number of hydrogen-bond acceptors (Lipinski definition) is 4. The summed E-state index contributed by atoms with van der Waals surface area (Å²) in [4.78, 5) is 39.1. The van der Waals surface area contributed by atoms with E-state index in [1.54, 1.807) is 48.5 Å². The van der Waals surface area contributed by atoms with Crippen molar-refractivity contribution in [3.8, 4) is 0 Å². The van der Waals surface area contributed by atoms with Crippen LogP contribution in [0.15, 0.2) is 77.5 Å². The molecule has 3 amide bonds. The monoisotopic (exact) mass is 507 g/mol. The fraction of sp³-hybridized carbons (Fsp3) is 0.148. The van der Waals surface area contributed by atoms with E-state index in [1.165, 1.54) is 0 Å². The Morgan fingerprint density at radius 3 is 2.20 bits per heavy atom. The van der Waals surface area contributed by atoms with Gasteiger partial charge < -0.3 is 10.6 Å². The number of nitrogens with zero attached hydrogens (tertiary/aromatic N) is 1. The van der Waals surface area contributed by atoms with E-state index in [-0.39, 0.29) is 29.7 Å². The number of carbonyl (C=O) groups is 3. The first-order valence-corrected chi connectivity index (χ1v) is 11.7. The number of benzene rings is 3. The molecule has 1 heterocycles. The second kappa shape index (κ2) is 10.3. The Morgan fingerprint density at radius 2 is 1.51 bits per heavy atom. The molecule has 0 atom stereocenters. The highest BCUT2D eigenvalue weighted by molar-refractivity contribution is 6.47. The molecule has 35 heavy (non-hydrogen) atoms. The Balaban J connectivity index is 1.38. The Hall–Kier alpha value is -3.61. The van der Waals surface area contributed by atoms with Crippen LogP contribution in [0.2, 0.25) is 5.02 Å². The molecule has 0 fully saturated rings. The van der Waals surface area contributed by atoms with Crippen molar-refractivity contribution >= 4 is 46.6 Å². The molecular weight excluding hydrogens is 485 g/mol. The van der Waals surface area contributed by atoms with Gasteiger partial charge in [-0.1, -0.05) is 59.6 Å². The minimum atomic E-state index is -0.549. The molecule has 4 rings (SSSR count). The highest BCUT2D eigenvalue weighted by Crippen LogP contribution is 2.25. The molecule has 0 aromatic heterocycles. The number of rotatable bonds is 7. The maximum atomic E-state index is 12.8. The van der Waals surface area contributed by atoms with Gasteiger partial charge in [-0.2, -0.15) is 0 Å². The van der Waals surface area contributed by atoms with Gasteiger partial charge in [0.2, 0.25) is 0 Å². The molecular formula is C27H23Cl2N3O3. The van der Waals surface area contributed by atoms with Gasteiger partial charge in [0.15, 0.2) is 0 Å². The average molecular weight is 508 g/mol. The molecule has 0 spiro atoms. The lowest BCUT2D eigenvalue weighted by Crippen LogP contribution is -2.33. The van der Waals surface area contributed by atoms with Gasteiger partial charge in [-0.3, -0.25) is 19.3 Å². The molecule has 0 saturated heterocycles. The van der Waals surface area contributed by atoms with Gasteiger partial charge in [0.05, 0.1) is 6.54 Å². The summed E-state index contributed by atoms with van der Waals surface area (Å²) in [5.74, 6) is -1.24. The summed E-state index contributed by atoms with van der Waals surface area (Å²) in [7, 11) is 0. The van der Waals surface area contributed by atoms with Crippen LogP contribution in [0.1, 0.15) is 32.6 Å². The first-order chi connectivity index (χ1) is 16.7. The Labute approximate surface area is 213 Å². The lowest BCUT2D eigenvalue weighted by atomic mass is 10.1. The molecule has 3 aromatic carbocycles. The fourth-order valence-corrected chi connectivity index (χ4v) is 4.04. The lowest BCUT2D eigenvalue weighted by Gasteiger charge is -2.15. The fourth-order valence-electron chi connectivity index (χ4n) is 3.66. The quantitative estimate of drug-likeness (QED) is 0.424. The van der Waals surface area contributed by atoms with Gasteiger partial charge in [-0.05, 0) is 66.4 Å². The second-order valence-corrected chi connectivity index (χ2v) is 9.08. The van der Waals surface area contributed by atoms with Crippen molar-refractivity contribution in [2.75, 3.05) is 5.32 Å². The van der Waals surface area contributed by atoms with Crippen molar-refractivity contribution in [1.29, 1.82) is 0 Å². The summed E-state index contributed by atoms with van der Waals surface area (Å²) >= 11 is 12.1. The summed E-state index contributed by atoms with van der Waals surface area (Å²) in [5.41, 5.74) is 5.04. The standard InChI is InChI=1S/C27H23Cl2N3O3/c1-16-4-3-5-22(17(16)2)31-25(33)20-10-6-18(7-11-20)14-30-24-23(29)26(34)32(27(24)35)15-19-8-12-21(28)13-9-19/h3-13,30H,14-15H2,1-2H3,(H,31,33). The van der Waals surface area contributed by atoms with Crippen LogP contribution in [-0.2, 0) is 22.7 Å². The SMILES string of the molecule is Cc1cccc(NC(=O)c2ccc(CNC3=C(Cl)C(=O)N(Cc4ccc(Cl)cc4)C3=O)cc2)c1C. The third-order valence-electron chi connectivity index (χ3n) is 5.90. The van der Waals surface area contributed by atoms with Crippen LogP contribution in [-0.4, -0.2) is 22.6 Å². The molecule has 8 heteroatoms. The molecule has 1 aliphatic heterocycles. The molecule has 0 radical (unpaired) electrons. The maximum Gasteiger partial charge on any atom is 0.278 e. The molecule has 0 aliphatic carbocycles. The first kappa shape index (κ1) is 24.5. The largest absolute Gasteiger partial charge is 0.375 e. The van der Waals surface area contributed by atoms with Gasteiger partial charge in [0, 0.05) is 22.8 Å². The lowest BCUT2D eigenvalue weighted by molar-refractivity contribution is -0.138. The second-order valence-electron chi connectivity index (χ2n) is 8.26. The predicted molar refractivity (Wildman–Crippen MR) is 137 cm³/mol. The number of imide groups is 1. The van der Waals surface area contributed by atoms with Crippen molar-refractivity contribution < 1.29 is 14.4 Å². The van der Waals surface area contributed by atoms with Crippen molar-refractivity contribution in [2.45, 2.75) is 26.9 Å². The van der Waals surface area contributed by atoms with Gasteiger partial charge >= 0.3 is 0 Å². The van der Waals surface area contributed by atoms with Crippen LogP contribution in [0.3, 0.4) is 0 Å². The van der Waals surface area contributed by atoms with E-state index in [9.17, 15) is 14.4 Å². The molecule has 0 unspecified atom stereocenters. The highest BCUT2D eigenvalue weighted by Gasteiger charge is 2.37. The zero-order valence-electron chi connectivity index (χ0n) is 19.2. The van der Waals surface area contributed by atoms with Crippen LogP contribution in [0.25, 0.3) is 0 Å². The van der Waals surface area contributed by atoms with E-state index in [4.69, 9.17) is 23.2 Å². The number of carbonyl (C=O) groups excluding carboxylic acids is 3. The molecule has 3 aromatic rings. The van der Waals surface area contributed by atoms with Crippen LogP contribution < -0.4 is 10.6 Å². The van der Waals surface area contributed by atoms with E-state index in [0.29, 0.717) is 10.6 Å². The summed E-state index contributed by atoms with van der Waals surface area (Å²) in [6.45, 7) is 4.32. The molecule has 0 saturated carbocycles. The predicted octanol–water partition coefficient (Wildman–Crippen LogP) is 5.32. The number of anilines is 1. The maximum absolute atomic E-state index is 12.8. The molecule has 1 aliphatic rings. The summed E-state index contributed by atoms with van der Waals surface area (Å²) < 4.78 is 0. The van der Waals surface area contributed by atoms with Crippen LogP contribution in [0, 0.1) is 13.8 Å². The Morgan fingerprint density at radius 1 is 0.857 bits per heavy atom. The van der Waals surface area contributed by atoms with Gasteiger partial charge in [-0.15, -0.1) is 0 Å². The van der Waals surface area contributed by atoms with Crippen molar-refractivity contribution in [3.63, 3.8) is 0 Å². The molecule has 6 nitrogen and oxygen atoms in total. The summed E-state index contributed by atoms with van der Waals surface area (Å²) in [6.07, 6.45) is 0. The third-order valence-corrected chi connectivity index (χ3v) is 6.51. The number of hydrogen-bond donors (Lipinski definition) is 2. The van der Waals surface area contributed by atoms with E-state index in [2.05, 4.69) is 10.6 Å². The summed E-state index contributed by atoms with van der Waals surface area (Å²) in [5, 5.41) is 6.33. The summed E-state index contributed by atoms with van der Waals surface area (Å²) in [6, 6.07) is 19.6. The highest BCUT2D eigenvalue weighted by atomic mass is 35.5. The Kier molecular flexibility index (Phi) is 7.24. The van der Waals surface area contributed by atoms with Crippen LogP contribution in [0.4, 0.5) is 5.69 Å². The number of nitrogens with one attached hydrogen (secondary N) is 2. The minimum absolute atomic E-state index is 0.0578. The minimum Gasteiger partial charge on any atom is -0.375 e. The number of halogens is 2. The van der Waals surface area contributed by atoms with Crippen LogP contribution >= 0.6 is 23.2 Å². The van der Waals surface area contributed by atoms with E-state index >= 15 is 0 Å². The normalized spacial score (nSPS) is 13.4. The van der Waals surface area contributed by atoms with Gasteiger partial charge in [-0.25, -0.2) is 0 Å². The zero-order valence-corrected chi connectivity index (χ0v) is 20.7. The van der Waals surface area contributed by atoms with Crippen molar-refractivity contribution in [1.82, 2.24) is 10.2 Å². The number of amides is 3. The number of aryl methyl sites for hydroxylation is 1. The van der Waals surface area contributed by atoms with E-state index < -0.39 is 11.8 Å². The van der Waals surface area contributed by atoms with E-state index in [0.717, 1.165) is 32.8 Å². The molecule has 2 N–H and O–H groups in total. The van der Waals surface area contributed by atoms with Crippen LogP contribution in [0.5, 0.6) is 0 Å². The van der Waals surface area contributed by atoms with Crippen molar-refractivity contribution in [3.05, 3.63) is 110 Å². The molecule has 0 bridgehead atoms. The first-order valence-electron chi connectivity index (χ1n) is 11.0. The Bertz CT molecular complexity index is 1330. The van der Waals surface area contributed by atoms with Crippen molar-refractivity contribution in [2.24, 2.45) is 0 Å². The average Bonchev–Trinajstić information content (AvgIpc) is 3.05. The topological polar surface area (TPSA) is 78.5 Å². The van der Waals surface area contributed by atoms with Gasteiger partial charge in [0.1, 0.15) is 10.7 Å². The van der Waals surface area contributed by atoms with Gasteiger partial charge in [0.25, 0.3) is 17.7 Å². The third kappa shape index (κ3) is 5.39. The smallest absolute Gasteiger partial charge is 0.278 e. The molecule has 178 valence electrons.